The minimum absolute atomic E-state index is 0.266. The van der Waals surface area contributed by atoms with Gasteiger partial charge in [-0.15, -0.1) is 0 Å². The van der Waals surface area contributed by atoms with E-state index in [4.69, 9.17) is 9.26 Å². The quantitative estimate of drug-likeness (QED) is 0.912. The van der Waals surface area contributed by atoms with Crippen molar-refractivity contribution in [3.8, 4) is 17.2 Å². The van der Waals surface area contributed by atoms with Gasteiger partial charge in [0.1, 0.15) is 5.75 Å². The summed E-state index contributed by atoms with van der Waals surface area (Å²) < 4.78 is 10.5. The summed E-state index contributed by atoms with van der Waals surface area (Å²) in [6.07, 6.45) is 1.91. The number of methoxy groups -OCH3 is 1. The van der Waals surface area contributed by atoms with Crippen molar-refractivity contribution in [2.45, 2.75) is 32.4 Å². The molecule has 0 amide bonds. The molecule has 1 aliphatic heterocycles. The molecule has 2 unspecified atom stereocenters. The van der Waals surface area contributed by atoms with E-state index in [-0.39, 0.29) is 6.10 Å². The van der Waals surface area contributed by atoms with Gasteiger partial charge < -0.3 is 14.4 Å². The molecule has 3 rings (SSSR count). The van der Waals surface area contributed by atoms with Gasteiger partial charge in [-0.25, -0.2) is 0 Å². The highest BCUT2D eigenvalue weighted by Gasteiger charge is 2.24. The van der Waals surface area contributed by atoms with Gasteiger partial charge in [0, 0.05) is 12.1 Å². The van der Waals surface area contributed by atoms with Gasteiger partial charge in [0.2, 0.25) is 0 Å². The van der Waals surface area contributed by atoms with Crippen LogP contribution in [0.4, 0.5) is 0 Å². The molecule has 124 valence electrons. The molecule has 0 radical (unpaired) electrons. The van der Waals surface area contributed by atoms with Crippen LogP contribution >= 0.6 is 0 Å². The molecule has 1 aliphatic rings. The summed E-state index contributed by atoms with van der Waals surface area (Å²) in [6, 6.07) is 7.55. The number of hydrogen-bond donors (Lipinski definition) is 1. The molecule has 1 saturated heterocycles. The number of nitrogens with zero attached hydrogens (tertiary/aromatic N) is 3. The fourth-order valence-corrected chi connectivity index (χ4v) is 3.00. The number of hydrogen-bond acceptors (Lipinski definition) is 6. The van der Waals surface area contributed by atoms with Crippen LogP contribution in [0.3, 0.4) is 0 Å². The van der Waals surface area contributed by atoms with Gasteiger partial charge in [-0.05, 0) is 56.5 Å². The first kappa shape index (κ1) is 16.0. The summed E-state index contributed by atoms with van der Waals surface area (Å²) in [7, 11) is 1.64. The predicted octanol–water partition coefficient (Wildman–Crippen LogP) is 2.34. The van der Waals surface area contributed by atoms with Crippen LogP contribution in [0.2, 0.25) is 0 Å². The van der Waals surface area contributed by atoms with Crippen molar-refractivity contribution >= 4 is 0 Å². The van der Waals surface area contributed by atoms with E-state index >= 15 is 0 Å². The number of aromatic nitrogens is 2. The zero-order valence-corrected chi connectivity index (χ0v) is 13.6. The number of rotatable bonds is 5. The first-order valence-electron chi connectivity index (χ1n) is 8.03. The number of ether oxygens (including phenoxy) is 1. The van der Waals surface area contributed by atoms with Gasteiger partial charge in [0.15, 0.2) is 5.82 Å². The van der Waals surface area contributed by atoms with Crippen molar-refractivity contribution in [2.75, 3.05) is 20.2 Å². The molecular formula is C17H23N3O3. The van der Waals surface area contributed by atoms with Crippen molar-refractivity contribution in [3.63, 3.8) is 0 Å². The molecule has 1 aromatic carbocycles. The van der Waals surface area contributed by atoms with Gasteiger partial charge in [0.05, 0.1) is 19.8 Å². The number of likely N-dealkylation sites (tertiary alicyclic amines) is 1. The molecule has 2 aromatic rings. The van der Waals surface area contributed by atoms with Gasteiger partial charge in [-0.2, -0.15) is 4.98 Å². The molecule has 23 heavy (non-hydrogen) atoms. The zero-order chi connectivity index (χ0) is 16.2. The summed E-state index contributed by atoms with van der Waals surface area (Å²) in [4.78, 5) is 6.76. The van der Waals surface area contributed by atoms with Crippen LogP contribution in [-0.4, -0.2) is 46.5 Å². The topological polar surface area (TPSA) is 71.6 Å². The SMILES string of the molecule is COc1ccc(-c2nc(CN3CCCC(C(C)O)C3)no2)cc1. The summed E-state index contributed by atoms with van der Waals surface area (Å²) >= 11 is 0. The minimum atomic E-state index is -0.266. The maximum Gasteiger partial charge on any atom is 0.257 e. The van der Waals surface area contributed by atoms with Crippen LogP contribution < -0.4 is 4.74 Å². The lowest BCUT2D eigenvalue weighted by Crippen LogP contribution is -2.39. The molecule has 1 fully saturated rings. The molecular weight excluding hydrogens is 294 g/mol. The van der Waals surface area contributed by atoms with Crippen molar-refractivity contribution in [2.24, 2.45) is 5.92 Å². The van der Waals surface area contributed by atoms with E-state index in [0.29, 0.717) is 24.2 Å². The van der Waals surface area contributed by atoms with Gasteiger partial charge in [0.25, 0.3) is 5.89 Å². The van der Waals surface area contributed by atoms with E-state index in [9.17, 15) is 5.11 Å². The number of aliphatic hydroxyl groups excluding tert-OH is 1. The largest absolute Gasteiger partial charge is 0.497 e. The van der Waals surface area contributed by atoms with E-state index in [2.05, 4.69) is 15.0 Å². The van der Waals surface area contributed by atoms with Crippen molar-refractivity contribution in [1.29, 1.82) is 0 Å². The normalized spacial score (nSPS) is 20.4. The molecule has 6 heteroatoms. The molecule has 1 aromatic heterocycles. The highest BCUT2D eigenvalue weighted by molar-refractivity contribution is 5.54. The second kappa shape index (κ2) is 7.10. The third kappa shape index (κ3) is 3.89. The van der Waals surface area contributed by atoms with Crippen molar-refractivity contribution < 1.29 is 14.4 Å². The molecule has 6 nitrogen and oxygen atoms in total. The Labute approximate surface area is 136 Å². The molecule has 1 N–H and O–H groups in total. The first-order chi connectivity index (χ1) is 11.2. The third-order valence-electron chi connectivity index (χ3n) is 4.39. The van der Waals surface area contributed by atoms with E-state index in [1.165, 1.54) is 0 Å². The van der Waals surface area contributed by atoms with Gasteiger partial charge in [-0.3, -0.25) is 4.90 Å². The maximum absolute atomic E-state index is 9.77. The van der Waals surface area contributed by atoms with Crippen LogP contribution in [0.1, 0.15) is 25.6 Å². The highest BCUT2D eigenvalue weighted by atomic mass is 16.5. The molecule has 0 bridgehead atoms. The standard InChI is InChI=1S/C17H23N3O3/c1-12(21)14-4-3-9-20(10-14)11-16-18-17(23-19-16)13-5-7-15(22-2)8-6-13/h5-8,12,14,21H,3-4,9-11H2,1-2H3. The monoisotopic (exact) mass is 317 g/mol. The van der Waals surface area contributed by atoms with Crippen LogP contribution in [0.15, 0.2) is 28.8 Å². The number of aliphatic hydroxyl groups is 1. The fourth-order valence-electron chi connectivity index (χ4n) is 3.00. The molecule has 2 atom stereocenters. The Bertz CT molecular complexity index is 624. The van der Waals surface area contributed by atoms with Crippen LogP contribution in [0.25, 0.3) is 11.5 Å². The Morgan fingerprint density at radius 1 is 1.39 bits per heavy atom. The van der Waals surface area contributed by atoms with Crippen LogP contribution in [-0.2, 0) is 6.54 Å². The Kier molecular flexibility index (Phi) is 4.93. The fraction of sp³-hybridized carbons (Fsp3) is 0.529. The predicted molar refractivity (Wildman–Crippen MR) is 86.0 cm³/mol. The van der Waals surface area contributed by atoms with Crippen LogP contribution in [0, 0.1) is 5.92 Å². The lowest BCUT2D eigenvalue weighted by Gasteiger charge is -2.33. The molecule has 0 spiro atoms. The lowest BCUT2D eigenvalue weighted by atomic mass is 9.93. The average molecular weight is 317 g/mol. The van der Waals surface area contributed by atoms with Crippen molar-refractivity contribution in [1.82, 2.24) is 15.0 Å². The second-order valence-electron chi connectivity index (χ2n) is 6.12. The zero-order valence-electron chi connectivity index (χ0n) is 13.6. The van der Waals surface area contributed by atoms with Gasteiger partial charge >= 0.3 is 0 Å². The Balaban J connectivity index is 1.64. The molecule has 0 aliphatic carbocycles. The summed E-state index contributed by atoms with van der Waals surface area (Å²) in [6.45, 7) is 4.41. The Morgan fingerprint density at radius 2 is 2.17 bits per heavy atom. The molecule has 2 heterocycles. The van der Waals surface area contributed by atoms with E-state index in [1.807, 2.05) is 31.2 Å². The highest BCUT2D eigenvalue weighted by Crippen LogP contribution is 2.23. The minimum Gasteiger partial charge on any atom is -0.497 e. The Morgan fingerprint density at radius 3 is 2.87 bits per heavy atom. The van der Waals surface area contributed by atoms with E-state index in [0.717, 1.165) is 37.2 Å². The summed E-state index contributed by atoms with van der Waals surface area (Å²) in [5.41, 5.74) is 0.880. The van der Waals surface area contributed by atoms with Gasteiger partial charge in [-0.1, -0.05) is 5.16 Å². The molecule has 0 saturated carbocycles. The summed E-state index contributed by atoms with van der Waals surface area (Å²) in [5.74, 6) is 2.33. The Hall–Kier alpha value is -1.92. The van der Waals surface area contributed by atoms with E-state index < -0.39 is 0 Å². The smallest absolute Gasteiger partial charge is 0.257 e. The van der Waals surface area contributed by atoms with Crippen molar-refractivity contribution in [3.05, 3.63) is 30.1 Å². The van der Waals surface area contributed by atoms with E-state index in [1.54, 1.807) is 7.11 Å². The first-order valence-corrected chi connectivity index (χ1v) is 8.03. The second-order valence-corrected chi connectivity index (χ2v) is 6.12. The average Bonchev–Trinajstić information content (AvgIpc) is 3.03. The summed E-state index contributed by atoms with van der Waals surface area (Å²) in [5, 5.41) is 13.8. The van der Waals surface area contributed by atoms with Crippen LogP contribution in [0.5, 0.6) is 5.75 Å². The third-order valence-corrected chi connectivity index (χ3v) is 4.39. The maximum atomic E-state index is 9.77. The number of piperidine rings is 1. The lowest BCUT2D eigenvalue weighted by molar-refractivity contribution is 0.0586. The number of benzene rings is 1.